The van der Waals surface area contributed by atoms with Crippen LogP contribution in [0.5, 0.6) is 11.5 Å². The maximum atomic E-state index is 12.4. The third-order valence-electron chi connectivity index (χ3n) is 4.14. The van der Waals surface area contributed by atoms with Crippen molar-refractivity contribution in [1.82, 2.24) is 0 Å². The van der Waals surface area contributed by atoms with E-state index in [0.717, 1.165) is 12.0 Å². The van der Waals surface area contributed by atoms with Crippen LogP contribution < -0.4 is 9.47 Å². The van der Waals surface area contributed by atoms with E-state index in [-0.39, 0.29) is 5.78 Å². The number of carbonyl (C=O) groups excluding carboxylic acids is 2. The molecule has 0 saturated carbocycles. The van der Waals surface area contributed by atoms with Crippen molar-refractivity contribution < 1.29 is 23.8 Å². The van der Waals surface area contributed by atoms with E-state index in [1.165, 1.54) is 13.2 Å². The first kappa shape index (κ1) is 20.2. The van der Waals surface area contributed by atoms with Crippen molar-refractivity contribution in [3.63, 3.8) is 0 Å². The molecule has 0 aliphatic rings. The number of ketones is 1. The van der Waals surface area contributed by atoms with Crippen LogP contribution in [0.15, 0.2) is 48.5 Å². The Labute approximate surface area is 159 Å². The second kappa shape index (κ2) is 9.57. The molecule has 5 heteroatoms. The average molecular weight is 368 g/mol. The Bertz CT molecular complexity index is 821. The highest BCUT2D eigenvalue weighted by Crippen LogP contribution is 2.31. The van der Waals surface area contributed by atoms with Crippen LogP contribution >= 0.6 is 0 Å². The standard InChI is InChI=1S/C22H24O5/c1-5-16-9-11-17(12-10-16)21(24)15(2)27-20(23)14-13-18-7-6-8-19(25-3)22(18)26-4/h6-15H,5H2,1-4H3/b14-13+/t15-/m0/s1. The molecule has 0 saturated heterocycles. The van der Waals surface area contributed by atoms with Gasteiger partial charge in [-0.3, -0.25) is 4.79 Å². The third kappa shape index (κ3) is 5.20. The summed E-state index contributed by atoms with van der Waals surface area (Å²) in [5, 5.41) is 0. The molecule has 5 nitrogen and oxygen atoms in total. The molecule has 2 aromatic carbocycles. The van der Waals surface area contributed by atoms with E-state index < -0.39 is 12.1 Å². The number of rotatable bonds is 8. The Hall–Kier alpha value is -3.08. The van der Waals surface area contributed by atoms with Crippen molar-refractivity contribution in [2.75, 3.05) is 14.2 Å². The van der Waals surface area contributed by atoms with Crippen LogP contribution in [0.2, 0.25) is 0 Å². The summed E-state index contributed by atoms with van der Waals surface area (Å²) in [5.41, 5.74) is 2.33. The van der Waals surface area contributed by atoms with Crippen molar-refractivity contribution in [1.29, 1.82) is 0 Å². The van der Waals surface area contributed by atoms with Gasteiger partial charge in [0, 0.05) is 17.2 Å². The van der Waals surface area contributed by atoms with E-state index in [1.807, 2.05) is 19.1 Å². The first-order valence-electron chi connectivity index (χ1n) is 8.73. The van der Waals surface area contributed by atoms with E-state index in [2.05, 4.69) is 0 Å². The van der Waals surface area contributed by atoms with Crippen molar-refractivity contribution in [3.8, 4) is 11.5 Å². The number of Topliss-reactive ketones (excluding diaryl/α,β-unsaturated/α-hetero) is 1. The Kier molecular flexibility index (Phi) is 7.17. The zero-order valence-electron chi connectivity index (χ0n) is 16.0. The summed E-state index contributed by atoms with van der Waals surface area (Å²) in [5.74, 6) is 0.237. The number of ether oxygens (including phenoxy) is 3. The fourth-order valence-electron chi connectivity index (χ4n) is 2.61. The summed E-state index contributed by atoms with van der Waals surface area (Å²) < 4.78 is 15.8. The Morgan fingerprint density at radius 3 is 2.33 bits per heavy atom. The van der Waals surface area contributed by atoms with Crippen LogP contribution in [0.4, 0.5) is 0 Å². The normalized spacial score (nSPS) is 11.9. The lowest BCUT2D eigenvalue weighted by Gasteiger charge is -2.12. The van der Waals surface area contributed by atoms with Crippen LogP contribution in [0, 0.1) is 0 Å². The van der Waals surface area contributed by atoms with Gasteiger partial charge in [-0.1, -0.05) is 43.3 Å². The van der Waals surface area contributed by atoms with Gasteiger partial charge in [-0.2, -0.15) is 0 Å². The highest BCUT2D eigenvalue weighted by molar-refractivity contribution is 6.01. The zero-order chi connectivity index (χ0) is 19.8. The number of hydrogen-bond donors (Lipinski definition) is 0. The third-order valence-corrected chi connectivity index (χ3v) is 4.14. The molecule has 0 bridgehead atoms. The van der Waals surface area contributed by atoms with Gasteiger partial charge in [-0.05, 0) is 31.1 Å². The molecule has 0 aliphatic carbocycles. The average Bonchev–Trinajstić information content (AvgIpc) is 2.71. The number of hydrogen-bond acceptors (Lipinski definition) is 5. The number of esters is 1. The maximum absolute atomic E-state index is 12.4. The lowest BCUT2D eigenvalue weighted by molar-refractivity contribution is -0.140. The van der Waals surface area contributed by atoms with Gasteiger partial charge in [0.2, 0.25) is 5.78 Å². The second-order valence-electron chi connectivity index (χ2n) is 5.91. The fourth-order valence-corrected chi connectivity index (χ4v) is 2.61. The predicted octanol–water partition coefficient (Wildman–Crippen LogP) is 4.09. The molecular formula is C22H24O5. The van der Waals surface area contributed by atoms with Crippen molar-refractivity contribution in [3.05, 3.63) is 65.2 Å². The van der Waals surface area contributed by atoms with Crippen LogP contribution in [0.3, 0.4) is 0 Å². The number of benzene rings is 2. The van der Waals surface area contributed by atoms with Crippen molar-refractivity contribution in [2.45, 2.75) is 26.4 Å². The molecule has 0 spiro atoms. The van der Waals surface area contributed by atoms with Gasteiger partial charge in [-0.15, -0.1) is 0 Å². The molecule has 2 rings (SSSR count). The van der Waals surface area contributed by atoms with E-state index in [1.54, 1.807) is 50.4 Å². The van der Waals surface area contributed by atoms with Crippen LogP contribution in [-0.4, -0.2) is 32.1 Å². The van der Waals surface area contributed by atoms with Crippen LogP contribution in [-0.2, 0) is 16.0 Å². The molecule has 0 amide bonds. The maximum Gasteiger partial charge on any atom is 0.331 e. The minimum absolute atomic E-state index is 0.238. The van der Waals surface area contributed by atoms with Gasteiger partial charge >= 0.3 is 5.97 Å². The first-order valence-corrected chi connectivity index (χ1v) is 8.73. The fraction of sp³-hybridized carbons (Fsp3) is 0.273. The van der Waals surface area contributed by atoms with Gasteiger partial charge in [0.25, 0.3) is 0 Å². The summed E-state index contributed by atoms with van der Waals surface area (Å²) in [7, 11) is 3.07. The number of methoxy groups -OCH3 is 2. The smallest absolute Gasteiger partial charge is 0.331 e. The molecule has 2 aromatic rings. The highest BCUT2D eigenvalue weighted by atomic mass is 16.5. The Morgan fingerprint density at radius 2 is 1.74 bits per heavy atom. The molecule has 0 radical (unpaired) electrons. The summed E-state index contributed by atoms with van der Waals surface area (Å²) in [6.45, 7) is 3.61. The Morgan fingerprint density at radius 1 is 1.04 bits per heavy atom. The quantitative estimate of drug-likeness (QED) is 0.399. The summed E-state index contributed by atoms with van der Waals surface area (Å²) >= 11 is 0. The first-order chi connectivity index (χ1) is 13.0. The van der Waals surface area contributed by atoms with Gasteiger partial charge < -0.3 is 14.2 Å². The predicted molar refractivity (Wildman–Crippen MR) is 104 cm³/mol. The van der Waals surface area contributed by atoms with E-state index in [9.17, 15) is 9.59 Å². The minimum Gasteiger partial charge on any atom is -0.493 e. The topological polar surface area (TPSA) is 61.8 Å². The van der Waals surface area contributed by atoms with E-state index >= 15 is 0 Å². The lowest BCUT2D eigenvalue weighted by atomic mass is 10.0. The van der Waals surface area contributed by atoms with Gasteiger partial charge in [-0.25, -0.2) is 4.79 Å². The molecule has 0 heterocycles. The van der Waals surface area contributed by atoms with Gasteiger partial charge in [0.1, 0.15) is 0 Å². The van der Waals surface area contributed by atoms with E-state index in [4.69, 9.17) is 14.2 Å². The number of carbonyl (C=O) groups is 2. The van der Waals surface area contributed by atoms with Gasteiger partial charge in [0.15, 0.2) is 17.6 Å². The molecule has 1 atom stereocenters. The lowest BCUT2D eigenvalue weighted by Crippen LogP contribution is -2.23. The van der Waals surface area contributed by atoms with Crippen molar-refractivity contribution >= 4 is 17.8 Å². The number of aryl methyl sites for hydroxylation is 1. The van der Waals surface area contributed by atoms with Gasteiger partial charge in [0.05, 0.1) is 14.2 Å². The second-order valence-corrected chi connectivity index (χ2v) is 5.91. The SMILES string of the molecule is CCc1ccc(C(=O)[C@H](C)OC(=O)/C=C/c2cccc(OC)c2OC)cc1. The van der Waals surface area contributed by atoms with Crippen LogP contribution in [0.1, 0.15) is 35.3 Å². The zero-order valence-corrected chi connectivity index (χ0v) is 16.0. The molecule has 142 valence electrons. The molecule has 0 unspecified atom stereocenters. The summed E-state index contributed by atoms with van der Waals surface area (Å²) in [6.07, 6.45) is 2.86. The highest BCUT2D eigenvalue weighted by Gasteiger charge is 2.18. The molecule has 0 aliphatic heterocycles. The number of para-hydroxylation sites is 1. The van der Waals surface area contributed by atoms with Crippen LogP contribution in [0.25, 0.3) is 6.08 Å². The Balaban J connectivity index is 2.04. The summed E-state index contributed by atoms with van der Waals surface area (Å²) in [6, 6.07) is 12.6. The minimum atomic E-state index is -0.873. The monoisotopic (exact) mass is 368 g/mol. The largest absolute Gasteiger partial charge is 0.493 e. The van der Waals surface area contributed by atoms with E-state index in [0.29, 0.717) is 22.6 Å². The molecule has 27 heavy (non-hydrogen) atoms. The molecule has 0 aromatic heterocycles. The molecular weight excluding hydrogens is 344 g/mol. The summed E-state index contributed by atoms with van der Waals surface area (Å²) in [4.78, 5) is 24.5. The molecule has 0 fully saturated rings. The van der Waals surface area contributed by atoms with Crippen molar-refractivity contribution in [2.24, 2.45) is 0 Å². The molecule has 0 N–H and O–H groups in total.